The number of nitrogens with zero attached hydrogens (tertiary/aromatic N) is 1. The Labute approximate surface area is 82.5 Å². The minimum atomic E-state index is -0.669. The minimum absolute atomic E-state index is 0.505. The molecule has 2 nitrogen and oxygen atoms in total. The van der Waals surface area contributed by atoms with Crippen molar-refractivity contribution in [3.8, 4) is 11.3 Å². The van der Waals surface area contributed by atoms with Gasteiger partial charge in [-0.3, -0.25) is 0 Å². The van der Waals surface area contributed by atoms with Crippen molar-refractivity contribution in [2.24, 2.45) is 0 Å². The molecular weight excluding hydrogens is 237 g/mol. The number of aromatic nitrogens is 1. The molecule has 0 N–H and O–H groups in total. The Hall–Kier alpha value is -1.16. The van der Waals surface area contributed by atoms with Crippen LogP contribution in [0.3, 0.4) is 0 Å². The molecule has 1 aromatic carbocycles. The van der Waals surface area contributed by atoms with Crippen LogP contribution >= 0.6 is 15.9 Å². The van der Waals surface area contributed by atoms with Gasteiger partial charge >= 0.3 is 6.01 Å². The average Bonchev–Trinajstić information content (AvgIpc) is 2.53. The SMILES string of the molecule is Fc1cc(-c2ccc(Br)cc2)no1. The summed E-state index contributed by atoms with van der Waals surface area (Å²) in [7, 11) is 0. The van der Waals surface area contributed by atoms with Gasteiger partial charge in [-0.1, -0.05) is 33.2 Å². The third kappa shape index (κ3) is 1.78. The fourth-order valence-electron chi connectivity index (χ4n) is 1.01. The molecule has 0 aliphatic heterocycles. The molecule has 0 radical (unpaired) electrons. The van der Waals surface area contributed by atoms with Crippen LogP contribution in [0.2, 0.25) is 0 Å². The fraction of sp³-hybridized carbons (Fsp3) is 0. The largest absolute Gasteiger partial charge is 0.325 e. The molecule has 2 aromatic rings. The number of rotatable bonds is 1. The number of hydrogen-bond acceptors (Lipinski definition) is 2. The molecule has 2 rings (SSSR count). The fourth-order valence-corrected chi connectivity index (χ4v) is 1.27. The molecule has 13 heavy (non-hydrogen) atoms. The summed E-state index contributed by atoms with van der Waals surface area (Å²) in [6.07, 6.45) is 0. The van der Waals surface area contributed by atoms with Gasteiger partial charge in [-0.25, -0.2) is 0 Å². The Morgan fingerprint density at radius 3 is 2.46 bits per heavy atom. The minimum Gasteiger partial charge on any atom is -0.325 e. The molecule has 0 spiro atoms. The van der Waals surface area contributed by atoms with Crippen LogP contribution in [-0.2, 0) is 0 Å². The molecule has 66 valence electrons. The Balaban J connectivity index is 2.41. The third-order valence-corrected chi connectivity index (χ3v) is 2.15. The van der Waals surface area contributed by atoms with Gasteiger partial charge in [0.2, 0.25) is 0 Å². The zero-order chi connectivity index (χ0) is 9.26. The summed E-state index contributed by atoms with van der Waals surface area (Å²) in [5.74, 6) is 0. The quantitative estimate of drug-likeness (QED) is 0.767. The Bertz CT molecular complexity index is 410. The van der Waals surface area contributed by atoms with Crippen LogP contribution < -0.4 is 0 Å². The van der Waals surface area contributed by atoms with Crippen LogP contribution in [0.15, 0.2) is 39.3 Å². The Morgan fingerprint density at radius 2 is 1.92 bits per heavy atom. The summed E-state index contributed by atoms with van der Waals surface area (Å²) in [5, 5.41) is 3.55. The van der Waals surface area contributed by atoms with Crippen LogP contribution in [0.25, 0.3) is 11.3 Å². The van der Waals surface area contributed by atoms with Gasteiger partial charge in [-0.2, -0.15) is 4.39 Å². The van der Waals surface area contributed by atoms with Crippen molar-refractivity contribution in [1.29, 1.82) is 0 Å². The predicted octanol–water partition coefficient (Wildman–Crippen LogP) is 3.24. The topological polar surface area (TPSA) is 26.0 Å². The predicted molar refractivity (Wildman–Crippen MR) is 49.6 cm³/mol. The summed E-state index contributed by atoms with van der Waals surface area (Å²) in [6.45, 7) is 0. The summed E-state index contributed by atoms with van der Waals surface area (Å²) in [6, 6.07) is 7.98. The van der Waals surface area contributed by atoms with Crippen LogP contribution in [0.4, 0.5) is 4.39 Å². The molecule has 4 heteroatoms. The highest BCUT2D eigenvalue weighted by atomic mass is 79.9. The van der Waals surface area contributed by atoms with E-state index in [4.69, 9.17) is 0 Å². The maximum Gasteiger partial charge on any atom is 0.306 e. The highest BCUT2D eigenvalue weighted by Gasteiger charge is 2.04. The van der Waals surface area contributed by atoms with Gasteiger partial charge in [0.25, 0.3) is 0 Å². The molecule has 0 fully saturated rings. The Morgan fingerprint density at radius 1 is 1.23 bits per heavy atom. The molecular formula is C9H5BrFNO. The zero-order valence-electron chi connectivity index (χ0n) is 6.50. The number of benzene rings is 1. The monoisotopic (exact) mass is 241 g/mol. The van der Waals surface area contributed by atoms with Crippen LogP contribution in [0.1, 0.15) is 0 Å². The van der Waals surface area contributed by atoms with E-state index in [9.17, 15) is 4.39 Å². The highest BCUT2D eigenvalue weighted by molar-refractivity contribution is 9.10. The van der Waals surface area contributed by atoms with E-state index in [-0.39, 0.29) is 0 Å². The van der Waals surface area contributed by atoms with Crippen molar-refractivity contribution >= 4 is 15.9 Å². The van der Waals surface area contributed by atoms with Crippen LogP contribution in [-0.4, -0.2) is 5.16 Å². The van der Waals surface area contributed by atoms with E-state index in [2.05, 4.69) is 25.6 Å². The maximum absolute atomic E-state index is 12.5. The van der Waals surface area contributed by atoms with E-state index >= 15 is 0 Å². The second-order valence-corrected chi connectivity index (χ2v) is 3.44. The first-order chi connectivity index (χ1) is 6.25. The van der Waals surface area contributed by atoms with Gasteiger partial charge in [0.1, 0.15) is 5.69 Å². The average molecular weight is 242 g/mol. The lowest BCUT2D eigenvalue weighted by atomic mass is 10.2. The lowest BCUT2D eigenvalue weighted by Gasteiger charge is -1.93. The van der Waals surface area contributed by atoms with Crippen molar-refractivity contribution < 1.29 is 8.91 Å². The van der Waals surface area contributed by atoms with Gasteiger partial charge in [0.15, 0.2) is 0 Å². The zero-order valence-corrected chi connectivity index (χ0v) is 8.08. The normalized spacial score (nSPS) is 10.3. The van der Waals surface area contributed by atoms with Gasteiger partial charge in [0, 0.05) is 16.1 Å². The smallest absolute Gasteiger partial charge is 0.306 e. The molecule has 1 heterocycles. The molecule has 0 aliphatic rings. The van der Waals surface area contributed by atoms with Crippen molar-refractivity contribution in [1.82, 2.24) is 5.16 Å². The molecule has 0 amide bonds. The molecule has 0 atom stereocenters. The van der Waals surface area contributed by atoms with Crippen molar-refractivity contribution in [2.75, 3.05) is 0 Å². The molecule has 0 aliphatic carbocycles. The first-order valence-corrected chi connectivity index (χ1v) is 4.43. The second kappa shape index (κ2) is 3.30. The number of hydrogen-bond donors (Lipinski definition) is 0. The van der Waals surface area contributed by atoms with Crippen LogP contribution in [0.5, 0.6) is 0 Å². The lowest BCUT2D eigenvalue weighted by Crippen LogP contribution is -1.75. The van der Waals surface area contributed by atoms with Crippen molar-refractivity contribution in [3.63, 3.8) is 0 Å². The van der Waals surface area contributed by atoms with E-state index < -0.39 is 6.01 Å². The Kier molecular flexibility index (Phi) is 2.14. The summed E-state index contributed by atoms with van der Waals surface area (Å²) < 4.78 is 17.7. The van der Waals surface area contributed by atoms with Gasteiger partial charge in [0.05, 0.1) is 0 Å². The molecule has 0 bridgehead atoms. The summed E-state index contributed by atoms with van der Waals surface area (Å²) in [4.78, 5) is 0. The standard InChI is InChI=1S/C9H5BrFNO/c10-7-3-1-6(2-4-7)8-5-9(11)13-12-8/h1-5H. The first-order valence-electron chi connectivity index (χ1n) is 3.64. The van der Waals surface area contributed by atoms with Crippen molar-refractivity contribution in [2.45, 2.75) is 0 Å². The molecule has 0 saturated carbocycles. The third-order valence-electron chi connectivity index (χ3n) is 1.62. The molecule has 0 unspecified atom stereocenters. The van der Waals surface area contributed by atoms with E-state index in [1.165, 1.54) is 6.07 Å². The summed E-state index contributed by atoms with van der Waals surface area (Å²) in [5.41, 5.74) is 1.33. The number of halogens is 2. The summed E-state index contributed by atoms with van der Waals surface area (Å²) >= 11 is 3.31. The van der Waals surface area contributed by atoms with Gasteiger partial charge < -0.3 is 4.52 Å². The van der Waals surface area contributed by atoms with Crippen LogP contribution in [0, 0.1) is 6.01 Å². The van der Waals surface area contributed by atoms with Gasteiger partial charge in [-0.15, -0.1) is 0 Å². The van der Waals surface area contributed by atoms with E-state index in [0.717, 1.165) is 10.0 Å². The van der Waals surface area contributed by atoms with E-state index in [1.54, 1.807) is 0 Å². The highest BCUT2D eigenvalue weighted by Crippen LogP contribution is 2.20. The molecule has 0 saturated heterocycles. The maximum atomic E-state index is 12.5. The van der Waals surface area contributed by atoms with Crippen molar-refractivity contribution in [3.05, 3.63) is 40.8 Å². The first kappa shape index (κ1) is 8.44. The second-order valence-electron chi connectivity index (χ2n) is 2.52. The van der Waals surface area contributed by atoms with E-state index in [0.29, 0.717) is 5.69 Å². The van der Waals surface area contributed by atoms with Gasteiger partial charge in [-0.05, 0) is 12.1 Å². The lowest BCUT2D eigenvalue weighted by molar-refractivity contribution is 0.283. The molecule has 1 aromatic heterocycles. The van der Waals surface area contributed by atoms with E-state index in [1.807, 2.05) is 24.3 Å².